The van der Waals surface area contributed by atoms with Crippen LogP contribution >= 0.6 is 0 Å². The quantitative estimate of drug-likeness (QED) is 0.644. The van der Waals surface area contributed by atoms with Crippen molar-refractivity contribution >= 4 is 0 Å². The Bertz CT molecular complexity index is 290. The van der Waals surface area contributed by atoms with E-state index >= 15 is 0 Å². The Balaban J connectivity index is 2.25. The van der Waals surface area contributed by atoms with Crippen LogP contribution in [0.5, 0.6) is 0 Å². The summed E-state index contributed by atoms with van der Waals surface area (Å²) in [6.07, 6.45) is 2.81. The lowest BCUT2D eigenvalue weighted by molar-refractivity contribution is 0.184. The molecule has 92 valence electrons. The Labute approximate surface area is 95.6 Å². The molecule has 0 saturated heterocycles. The molecule has 16 heavy (non-hydrogen) atoms. The van der Waals surface area contributed by atoms with Gasteiger partial charge in [0.2, 0.25) is 0 Å². The normalized spacial score (nSPS) is 12.9. The first-order valence-corrected chi connectivity index (χ1v) is 5.48. The molecule has 6 heteroatoms. The summed E-state index contributed by atoms with van der Waals surface area (Å²) in [5.74, 6) is 0. The Kier molecular flexibility index (Phi) is 5.99. The van der Waals surface area contributed by atoms with Crippen molar-refractivity contribution in [3.05, 3.63) is 11.9 Å². The van der Waals surface area contributed by atoms with Crippen LogP contribution in [0.4, 0.5) is 0 Å². The third-order valence-electron chi connectivity index (χ3n) is 2.30. The molecule has 0 aliphatic heterocycles. The number of aliphatic hydroxyl groups excluding tert-OH is 1. The van der Waals surface area contributed by atoms with Crippen LogP contribution in [0.25, 0.3) is 0 Å². The Morgan fingerprint density at radius 3 is 3.12 bits per heavy atom. The molecule has 0 aliphatic rings. The number of nitrogens with one attached hydrogen (secondary N) is 1. The molecule has 1 rings (SSSR count). The van der Waals surface area contributed by atoms with Gasteiger partial charge in [0.25, 0.3) is 0 Å². The number of ether oxygens (including phenoxy) is 1. The first-order chi connectivity index (χ1) is 7.76. The predicted octanol–water partition coefficient (Wildman–Crippen LogP) is -0.215. The smallest absolute Gasteiger partial charge is 0.0964 e. The maximum atomic E-state index is 8.73. The average molecular weight is 228 g/mol. The highest BCUT2D eigenvalue weighted by molar-refractivity contribution is 4.91. The fourth-order valence-electron chi connectivity index (χ4n) is 1.31. The molecular formula is C10H20N4O2. The van der Waals surface area contributed by atoms with Crippen LogP contribution in [0.1, 0.15) is 19.0 Å². The monoisotopic (exact) mass is 228 g/mol. The predicted molar refractivity (Wildman–Crippen MR) is 59.9 cm³/mol. The minimum absolute atomic E-state index is 0.0838. The fourth-order valence-corrected chi connectivity index (χ4v) is 1.31. The second kappa shape index (κ2) is 7.32. The number of hydrogen-bond acceptors (Lipinski definition) is 5. The van der Waals surface area contributed by atoms with Crippen molar-refractivity contribution in [2.24, 2.45) is 0 Å². The van der Waals surface area contributed by atoms with Gasteiger partial charge >= 0.3 is 0 Å². The van der Waals surface area contributed by atoms with Crippen molar-refractivity contribution in [2.45, 2.75) is 32.5 Å². The molecule has 1 aromatic rings. The Hall–Kier alpha value is -0.980. The summed E-state index contributed by atoms with van der Waals surface area (Å²) in [6, 6.07) is 0.392. The first kappa shape index (κ1) is 13.1. The van der Waals surface area contributed by atoms with Crippen LogP contribution in [-0.4, -0.2) is 46.5 Å². The zero-order valence-corrected chi connectivity index (χ0v) is 9.89. The molecule has 0 amide bonds. The summed E-state index contributed by atoms with van der Waals surface area (Å²) in [7, 11) is 1.70. The van der Waals surface area contributed by atoms with E-state index < -0.39 is 0 Å². The van der Waals surface area contributed by atoms with Gasteiger partial charge in [-0.15, -0.1) is 5.10 Å². The zero-order valence-electron chi connectivity index (χ0n) is 9.89. The van der Waals surface area contributed by atoms with E-state index in [4.69, 9.17) is 9.84 Å². The number of aliphatic hydroxyl groups is 1. The molecule has 0 spiro atoms. The Morgan fingerprint density at radius 2 is 2.44 bits per heavy atom. The molecule has 2 N–H and O–H groups in total. The van der Waals surface area contributed by atoms with E-state index in [0.29, 0.717) is 19.1 Å². The van der Waals surface area contributed by atoms with Gasteiger partial charge in [0, 0.05) is 32.5 Å². The molecule has 6 nitrogen and oxygen atoms in total. The maximum Gasteiger partial charge on any atom is 0.0964 e. The van der Waals surface area contributed by atoms with Gasteiger partial charge in [-0.25, -0.2) is 4.68 Å². The van der Waals surface area contributed by atoms with Gasteiger partial charge in [0.1, 0.15) is 0 Å². The van der Waals surface area contributed by atoms with Crippen LogP contribution in [0.15, 0.2) is 6.20 Å². The number of methoxy groups -OCH3 is 1. The van der Waals surface area contributed by atoms with Gasteiger partial charge in [-0.3, -0.25) is 0 Å². The summed E-state index contributed by atoms with van der Waals surface area (Å²) in [5.41, 5.74) is 0.887. The van der Waals surface area contributed by atoms with Crippen LogP contribution in [0.3, 0.4) is 0 Å². The highest BCUT2D eigenvalue weighted by Crippen LogP contribution is 1.96. The average Bonchev–Trinajstić information content (AvgIpc) is 2.72. The SMILES string of the molecule is COCCC(C)NCc1cn(CCO)nn1. The van der Waals surface area contributed by atoms with E-state index in [1.54, 1.807) is 11.8 Å². The second-order valence-corrected chi connectivity index (χ2v) is 3.76. The lowest BCUT2D eigenvalue weighted by Gasteiger charge is -2.11. The molecular weight excluding hydrogens is 208 g/mol. The van der Waals surface area contributed by atoms with E-state index in [0.717, 1.165) is 18.7 Å². The second-order valence-electron chi connectivity index (χ2n) is 3.76. The first-order valence-electron chi connectivity index (χ1n) is 5.48. The van der Waals surface area contributed by atoms with E-state index in [2.05, 4.69) is 22.6 Å². The highest BCUT2D eigenvalue weighted by Gasteiger charge is 2.04. The standard InChI is InChI=1S/C10H20N4O2/c1-9(3-6-16-2)11-7-10-8-14(4-5-15)13-12-10/h8-9,11,15H,3-7H2,1-2H3. The summed E-state index contributed by atoms with van der Waals surface area (Å²) < 4.78 is 6.64. The molecule has 1 atom stereocenters. The van der Waals surface area contributed by atoms with Crippen LogP contribution in [0, 0.1) is 0 Å². The van der Waals surface area contributed by atoms with Crippen molar-refractivity contribution < 1.29 is 9.84 Å². The number of nitrogens with zero attached hydrogens (tertiary/aromatic N) is 3. The molecule has 0 radical (unpaired) electrons. The third-order valence-corrected chi connectivity index (χ3v) is 2.30. The van der Waals surface area contributed by atoms with E-state index in [9.17, 15) is 0 Å². The van der Waals surface area contributed by atoms with Crippen molar-refractivity contribution in [2.75, 3.05) is 20.3 Å². The third kappa shape index (κ3) is 4.69. The zero-order chi connectivity index (χ0) is 11.8. The molecule has 1 aromatic heterocycles. The number of rotatable bonds is 8. The van der Waals surface area contributed by atoms with Crippen LogP contribution < -0.4 is 5.32 Å². The molecule has 1 heterocycles. The summed E-state index contributed by atoms with van der Waals surface area (Å²) in [6.45, 7) is 4.13. The largest absolute Gasteiger partial charge is 0.394 e. The Morgan fingerprint density at radius 1 is 1.62 bits per heavy atom. The van der Waals surface area contributed by atoms with E-state index in [1.807, 2.05) is 6.20 Å². The van der Waals surface area contributed by atoms with Crippen molar-refractivity contribution in [1.29, 1.82) is 0 Å². The molecule has 0 bridgehead atoms. The summed E-state index contributed by atoms with van der Waals surface area (Å²) in [5, 5.41) is 19.9. The van der Waals surface area contributed by atoms with Gasteiger partial charge in [-0.1, -0.05) is 5.21 Å². The van der Waals surface area contributed by atoms with Crippen molar-refractivity contribution in [3.63, 3.8) is 0 Å². The molecule has 0 fully saturated rings. The van der Waals surface area contributed by atoms with Gasteiger partial charge in [0.15, 0.2) is 0 Å². The molecule has 0 saturated carbocycles. The van der Waals surface area contributed by atoms with Gasteiger partial charge in [-0.05, 0) is 13.3 Å². The molecule has 0 aromatic carbocycles. The van der Waals surface area contributed by atoms with E-state index in [1.165, 1.54) is 0 Å². The maximum absolute atomic E-state index is 8.73. The molecule has 1 unspecified atom stereocenters. The van der Waals surface area contributed by atoms with Crippen molar-refractivity contribution in [1.82, 2.24) is 20.3 Å². The topological polar surface area (TPSA) is 72.2 Å². The summed E-state index contributed by atoms with van der Waals surface area (Å²) in [4.78, 5) is 0. The van der Waals surface area contributed by atoms with Crippen LogP contribution in [-0.2, 0) is 17.8 Å². The van der Waals surface area contributed by atoms with Gasteiger partial charge in [0.05, 0.1) is 18.8 Å². The number of hydrogen-bond donors (Lipinski definition) is 2. The molecule has 0 aliphatic carbocycles. The number of aromatic nitrogens is 3. The van der Waals surface area contributed by atoms with Crippen molar-refractivity contribution in [3.8, 4) is 0 Å². The lowest BCUT2D eigenvalue weighted by atomic mass is 10.2. The lowest BCUT2D eigenvalue weighted by Crippen LogP contribution is -2.26. The minimum Gasteiger partial charge on any atom is -0.394 e. The fraction of sp³-hybridized carbons (Fsp3) is 0.800. The minimum atomic E-state index is 0.0838. The highest BCUT2D eigenvalue weighted by atomic mass is 16.5. The van der Waals surface area contributed by atoms with Crippen LogP contribution in [0.2, 0.25) is 0 Å². The summed E-state index contributed by atoms with van der Waals surface area (Å²) >= 11 is 0. The van der Waals surface area contributed by atoms with E-state index in [-0.39, 0.29) is 6.61 Å². The van der Waals surface area contributed by atoms with Gasteiger partial charge in [-0.2, -0.15) is 0 Å². The van der Waals surface area contributed by atoms with Gasteiger partial charge < -0.3 is 15.2 Å².